The van der Waals surface area contributed by atoms with E-state index >= 15 is 0 Å². The molecule has 1 N–H and O–H groups in total. The van der Waals surface area contributed by atoms with Crippen molar-refractivity contribution in [2.45, 2.75) is 25.8 Å². The molecular formula is C26H30N8O. The highest BCUT2D eigenvalue weighted by atomic mass is 16.5. The third-order valence-electron chi connectivity index (χ3n) is 6.88. The molecule has 1 aliphatic heterocycles. The second-order valence-electron chi connectivity index (χ2n) is 9.31. The molecule has 0 amide bonds. The van der Waals surface area contributed by atoms with Crippen LogP contribution in [0.25, 0.3) is 22.5 Å². The van der Waals surface area contributed by atoms with Gasteiger partial charge in [0.05, 0.1) is 36.8 Å². The number of nitrogens with zero attached hydrogens (tertiary/aromatic N) is 7. The highest BCUT2D eigenvalue weighted by molar-refractivity contribution is 5.84. The lowest BCUT2D eigenvalue weighted by Crippen LogP contribution is -2.38. The van der Waals surface area contributed by atoms with Gasteiger partial charge in [-0.15, -0.1) is 0 Å². The maximum atomic E-state index is 5.43. The molecule has 4 aromatic rings. The van der Waals surface area contributed by atoms with Gasteiger partial charge in [0, 0.05) is 61.8 Å². The van der Waals surface area contributed by atoms with Gasteiger partial charge in [-0.3, -0.25) is 14.3 Å². The summed E-state index contributed by atoms with van der Waals surface area (Å²) in [4.78, 5) is 12.0. The zero-order valence-corrected chi connectivity index (χ0v) is 20.2. The molecule has 1 aromatic carbocycles. The van der Waals surface area contributed by atoms with Crippen molar-refractivity contribution in [1.82, 2.24) is 34.4 Å². The highest BCUT2D eigenvalue weighted by Gasteiger charge is 2.30. The second kappa shape index (κ2) is 9.24. The highest BCUT2D eigenvalue weighted by Crippen LogP contribution is 2.43. The summed E-state index contributed by atoms with van der Waals surface area (Å²) in [7, 11) is 2.01. The number of anilines is 2. The maximum absolute atomic E-state index is 5.43. The number of hydrogen-bond donors (Lipinski definition) is 1. The smallest absolute Gasteiger partial charge is 0.228 e. The third-order valence-corrected chi connectivity index (χ3v) is 6.88. The van der Waals surface area contributed by atoms with Gasteiger partial charge in [-0.1, -0.05) is 37.3 Å². The van der Waals surface area contributed by atoms with Crippen LogP contribution >= 0.6 is 0 Å². The van der Waals surface area contributed by atoms with Crippen molar-refractivity contribution < 1.29 is 4.74 Å². The number of morpholine rings is 1. The Kier molecular flexibility index (Phi) is 5.79. The first-order chi connectivity index (χ1) is 17.2. The summed E-state index contributed by atoms with van der Waals surface area (Å²) < 4.78 is 9.37. The lowest BCUT2D eigenvalue weighted by Gasteiger charge is -2.26. The van der Waals surface area contributed by atoms with Crippen molar-refractivity contribution in [2.24, 2.45) is 7.05 Å². The first-order valence-electron chi connectivity index (χ1n) is 12.2. The molecule has 0 unspecified atom stereocenters. The number of aryl methyl sites for hydroxylation is 1. The average molecular weight is 471 g/mol. The van der Waals surface area contributed by atoms with Crippen LogP contribution < -0.4 is 5.32 Å². The molecule has 35 heavy (non-hydrogen) atoms. The first-order valence-corrected chi connectivity index (χ1v) is 12.2. The molecule has 0 radical (unpaired) electrons. The molecule has 180 valence electrons. The predicted molar refractivity (Wildman–Crippen MR) is 135 cm³/mol. The van der Waals surface area contributed by atoms with Crippen molar-refractivity contribution in [2.75, 3.05) is 38.2 Å². The van der Waals surface area contributed by atoms with Crippen LogP contribution in [-0.2, 0) is 24.8 Å². The summed E-state index contributed by atoms with van der Waals surface area (Å²) in [6, 6.07) is 12.4. The van der Waals surface area contributed by atoms with Crippen molar-refractivity contribution in [3.05, 3.63) is 60.0 Å². The second-order valence-corrected chi connectivity index (χ2v) is 9.31. The Morgan fingerprint density at radius 3 is 2.71 bits per heavy atom. The van der Waals surface area contributed by atoms with Crippen molar-refractivity contribution >= 4 is 11.8 Å². The van der Waals surface area contributed by atoms with Crippen LogP contribution in [0.5, 0.6) is 0 Å². The molecule has 1 saturated heterocycles. The third kappa shape index (κ3) is 4.33. The molecule has 0 spiro atoms. The molecule has 3 aromatic heterocycles. The molecular weight excluding hydrogens is 440 g/mol. The van der Waals surface area contributed by atoms with E-state index in [4.69, 9.17) is 14.8 Å². The van der Waals surface area contributed by atoms with Crippen molar-refractivity contribution in [3.8, 4) is 22.5 Å². The molecule has 1 aliphatic carbocycles. The van der Waals surface area contributed by atoms with Gasteiger partial charge < -0.3 is 10.1 Å². The topological polar surface area (TPSA) is 85.9 Å². The summed E-state index contributed by atoms with van der Waals surface area (Å²) in [5, 5.41) is 12.9. The van der Waals surface area contributed by atoms with E-state index in [9.17, 15) is 0 Å². The van der Waals surface area contributed by atoms with E-state index in [0.717, 1.165) is 85.4 Å². The Hall–Kier alpha value is -3.56. The van der Waals surface area contributed by atoms with Crippen LogP contribution in [0.1, 0.15) is 24.1 Å². The normalized spacial score (nSPS) is 17.7. The monoisotopic (exact) mass is 470 g/mol. The van der Waals surface area contributed by atoms with Gasteiger partial charge >= 0.3 is 0 Å². The van der Waals surface area contributed by atoms with E-state index in [1.807, 2.05) is 40.9 Å². The Morgan fingerprint density at radius 2 is 1.89 bits per heavy atom. The summed E-state index contributed by atoms with van der Waals surface area (Å²) in [6.45, 7) is 7.60. The largest absolute Gasteiger partial charge is 0.379 e. The van der Waals surface area contributed by atoms with E-state index in [2.05, 4.69) is 51.5 Å². The van der Waals surface area contributed by atoms with Crippen LogP contribution in [0.15, 0.2) is 48.8 Å². The van der Waals surface area contributed by atoms with E-state index in [-0.39, 0.29) is 0 Å². The van der Waals surface area contributed by atoms with Crippen molar-refractivity contribution in [1.29, 1.82) is 0 Å². The van der Waals surface area contributed by atoms with Gasteiger partial charge in [-0.05, 0) is 12.3 Å². The minimum absolute atomic E-state index is 0.310. The number of nitrogens with one attached hydrogen (secondary N) is 1. The Morgan fingerprint density at radius 1 is 1.06 bits per heavy atom. The fourth-order valence-corrected chi connectivity index (χ4v) is 5.05. The van der Waals surface area contributed by atoms with E-state index in [1.54, 1.807) is 0 Å². The number of rotatable bonds is 6. The van der Waals surface area contributed by atoms with Gasteiger partial charge in [0.15, 0.2) is 5.82 Å². The molecule has 1 fully saturated rings. The number of aromatic nitrogens is 6. The minimum atomic E-state index is 0.310. The van der Waals surface area contributed by atoms with Crippen LogP contribution in [0, 0.1) is 0 Å². The summed E-state index contributed by atoms with van der Waals surface area (Å²) in [5.41, 5.74) is 6.53. The van der Waals surface area contributed by atoms with Crippen LogP contribution in [-0.4, -0.2) is 67.3 Å². The standard InChI is InChI=1S/C26H30N8O/c1-18-16-21-23(25(32(2)30-21)19-6-4-3-5-7-19)24-20(18)17-27-26(29-24)28-22-8-9-34(31-22)11-10-33-12-14-35-15-13-33/h3-9,17-18H,10-16H2,1-2H3,(H,27,28,29,31)/t18-/m1/s1. The quantitative estimate of drug-likeness (QED) is 0.462. The van der Waals surface area contributed by atoms with Crippen LogP contribution in [0.4, 0.5) is 11.8 Å². The van der Waals surface area contributed by atoms with Crippen LogP contribution in [0.2, 0.25) is 0 Å². The number of ether oxygens (including phenoxy) is 1. The van der Waals surface area contributed by atoms with E-state index in [0.29, 0.717) is 11.9 Å². The zero-order chi connectivity index (χ0) is 23.8. The Balaban J connectivity index is 1.26. The van der Waals surface area contributed by atoms with Gasteiger partial charge in [-0.2, -0.15) is 10.2 Å². The van der Waals surface area contributed by atoms with Crippen LogP contribution in [0.3, 0.4) is 0 Å². The number of fused-ring (bicyclic) bond motifs is 3. The minimum Gasteiger partial charge on any atom is -0.379 e. The lowest BCUT2D eigenvalue weighted by molar-refractivity contribution is 0.0360. The molecule has 0 bridgehead atoms. The van der Waals surface area contributed by atoms with Gasteiger partial charge in [0.25, 0.3) is 0 Å². The summed E-state index contributed by atoms with van der Waals surface area (Å²) in [6.07, 6.45) is 4.83. The Labute approximate surface area is 204 Å². The molecule has 9 heteroatoms. The fraction of sp³-hybridized carbons (Fsp3) is 0.385. The number of hydrogen-bond acceptors (Lipinski definition) is 7. The Bertz CT molecular complexity index is 1320. The van der Waals surface area contributed by atoms with Crippen molar-refractivity contribution in [3.63, 3.8) is 0 Å². The SMILES string of the molecule is C[C@@H]1Cc2nn(C)c(-c3ccccc3)c2-c2nc(Nc3ccn(CCN4CCOCC4)n3)ncc21. The lowest BCUT2D eigenvalue weighted by atomic mass is 9.85. The van der Waals surface area contributed by atoms with E-state index in [1.165, 1.54) is 0 Å². The predicted octanol–water partition coefficient (Wildman–Crippen LogP) is 3.48. The van der Waals surface area contributed by atoms with Gasteiger partial charge in [0.1, 0.15) is 0 Å². The molecule has 0 saturated carbocycles. The molecule has 6 rings (SSSR count). The van der Waals surface area contributed by atoms with Gasteiger partial charge in [0.2, 0.25) is 5.95 Å². The summed E-state index contributed by atoms with van der Waals surface area (Å²) >= 11 is 0. The number of benzene rings is 1. The van der Waals surface area contributed by atoms with Gasteiger partial charge in [-0.25, -0.2) is 9.97 Å². The molecule has 1 atom stereocenters. The average Bonchev–Trinajstić information content (AvgIpc) is 3.47. The molecule has 9 nitrogen and oxygen atoms in total. The first kappa shape index (κ1) is 21.9. The maximum Gasteiger partial charge on any atom is 0.228 e. The van der Waals surface area contributed by atoms with E-state index < -0.39 is 0 Å². The zero-order valence-electron chi connectivity index (χ0n) is 20.2. The summed E-state index contributed by atoms with van der Waals surface area (Å²) in [5.74, 6) is 1.60. The molecule has 2 aliphatic rings. The molecule has 4 heterocycles. The fourth-order valence-electron chi connectivity index (χ4n) is 5.05.